The van der Waals surface area contributed by atoms with E-state index in [1.807, 2.05) is 31.2 Å². The van der Waals surface area contributed by atoms with E-state index in [1.165, 1.54) is 0 Å². The summed E-state index contributed by atoms with van der Waals surface area (Å²) >= 11 is 0. The normalized spacial score (nSPS) is 19.3. The fourth-order valence-corrected chi connectivity index (χ4v) is 3.15. The van der Waals surface area contributed by atoms with Crippen LogP contribution in [0.2, 0.25) is 0 Å². The molecule has 1 atom stereocenters. The predicted octanol–water partition coefficient (Wildman–Crippen LogP) is 2.32. The zero-order valence-corrected chi connectivity index (χ0v) is 16.4. The van der Waals surface area contributed by atoms with Crippen molar-refractivity contribution in [1.29, 1.82) is 0 Å². The Morgan fingerprint density at radius 2 is 1.85 bits per heavy atom. The number of hydrogen-bond donors (Lipinski definition) is 4. The van der Waals surface area contributed by atoms with Gasteiger partial charge in [-0.15, -0.1) is 12.4 Å². The van der Waals surface area contributed by atoms with Crippen molar-refractivity contribution in [3.63, 3.8) is 0 Å². The van der Waals surface area contributed by atoms with E-state index >= 15 is 0 Å². The molecule has 8 heteroatoms. The number of nitrogens with two attached hydrogens (primary N) is 1. The van der Waals surface area contributed by atoms with E-state index in [0.717, 1.165) is 24.1 Å². The van der Waals surface area contributed by atoms with Crippen LogP contribution in [-0.2, 0) is 9.53 Å². The van der Waals surface area contributed by atoms with Gasteiger partial charge in [-0.3, -0.25) is 4.79 Å². The Bertz CT molecular complexity index is 643. The highest BCUT2D eigenvalue weighted by Gasteiger charge is 2.39. The van der Waals surface area contributed by atoms with Crippen LogP contribution in [0.25, 0.3) is 0 Å². The zero-order valence-electron chi connectivity index (χ0n) is 15.6. The minimum absolute atomic E-state index is 0. The molecule has 1 aliphatic carbocycles. The maximum atomic E-state index is 12.7. The highest BCUT2D eigenvalue weighted by molar-refractivity contribution is 5.89. The Morgan fingerprint density at radius 3 is 2.41 bits per heavy atom. The molecule has 1 aromatic carbocycles. The van der Waals surface area contributed by atoms with Crippen molar-refractivity contribution in [1.82, 2.24) is 10.6 Å². The third-order valence-electron chi connectivity index (χ3n) is 5.25. The molecular formula is C19H29ClN4O3. The van der Waals surface area contributed by atoms with E-state index in [2.05, 4.69) is 16.0 Å². The van der Waals surface area contributed by atoms with Crippen LogP contribution in [0.5, 0.6) is 0 Å². The molecule has 2 aliphatic rings. The smallest absolute Gasteiger partial charge is 0.319 e. The van der Waals surface area contributed by atoms with E-state index in [9.17, 15) is 9.59 Å². The molecule has 1 unspecified atom stereocenters. The van der Waals surface area contributed by atoms with Crippen LogP contribution in [0.15, 0.2) is 24.3 Å². The topological polar surface area (TPSA) is 105 Å². The number of anilines is 1. The number of urea groups is 1. The first-order valence-electron chi connectivity index (χ1n) is 9.29. The van der Waals surface area contributed by atoms with Crippen LogP contribution in [0, 0.1) is 5.41 Å². The molecule has 3 rings (SSSR count). The zero-order chi connectivity index (χ0) is 18.6. The first kappa shape index (κ1) is 21.5. The van der Waals surface area contributed by atoms with Crippen LogP contribution in [0.1, 0.15) is 44.2 Å². The fourth-order valence-electron chi connectivity index (χ4n) is 3.15. The van der Waals surface area contributed by atoms with Crippen LogP contribution < -0.4 is 21.7 Å². The number of rotatable bonds is 6. The lowest BCUT2D eigenvalue weighted by atomic mass is 9.79. The summed E-state index contributed by atoms with van der Waals surface area (Å²) in [7, 11) is 0. The number of nitrogens with one attached hydrogen (secondary N) is 3. The van der Waals surface area contributed by atoms with E-state index in [0.29, 0.717) is 38.6 Å². The van der Waals surface area contributed by atoms with Gasteiger partial charge >= 0.3 is 6.03 Å². The third kappa shape index (κ3) is 5.57. The maximum Gasteiger partial charge on any atom is 0.319 e. The number of ether oxygens (including phenoxy) is 1. The molecule has 3 amide bonds. The Hall–Kier alpha value is -1.83. The molecular weight excluding hydrogens is 368 g/mol. The third-order valence-corrected chi connectivity index (χ3v) is 5.25. The molecule has 2 fully saturated rings. The monoisotopic (exact) mass is 396 g/mol. The Kier molecular flexibility index (Phi) is 7.47. The number of carbonyl (C=O) groups is 2. The molecule has 1 heterocycles. The summed E-state index contributed by atoms with van der Waals surface area (Å²) in [5.41, 5.74) is 7.07. The van der Waals surface area contributed by atoms with Crippen molar-refractivity contribution in [2.24, 2.45) is 11.1 Å². The summed E-state index contributed by atoms with van der Waals surface area (Å²) in [4.78, 5) is 24.5. The van der Waals surface area contributed by atoms with Crippen molar-refractivity contribution in [2.75, 3.05) is 25.1 Å². The summed E-state index contributed by atoms with van der Waals surface area (Å²) in [5.74, 6) is -0.0122. The minimum atomic E-state index is -0.533. The van der Waals surface area contributed by atoms with E-state index in [1.54, 1.807) is 0 Å². The summed E-state index contributed by atoms with van der Waals surface area (Å²) in [6.45, 7) is 3.42. The van der Waals surface area contributed by atoms with Gasteiger partial charge in [-0.05, 0) is 50.3 Å². The largest absolute Gasteiger partial charge is 0.381 e. The second kappa shape index (κ2) is 9.39. The van der Waals surface area contributed by atoms with Gasteiger partial charge in [0.2, 0.25) is 5.91 Å². The highest BCUT2D eigenvalue weighted by atomic mass is 35.5. The number of amides is 3. The predicted molar refractivity (Wildman–Crippen MR) is 107 cm³/mol. The number of hydrogen-bond acceptors (Lipinski definition) is 4. The minimum Gasteiger partial charge on any atom is -0.381 e. The fraction of sp³-hybridized carbons (Fsp3) is 0.579. The molecule has 1 saturated carbocycles. The summed E-state index contributed by atoms with van der Waals surface area (Å²) in [6.07, 6.45) is 3.42. The quantitative estimate of drug-likeness (QED) is 0.592. The van der Waals surface area contributed by atoms with Gasteiger partial charge in [-0.1, -0.05) is 12.1 Å². The van der Waals surface area contributed by atoms with Crippen molar-refractivity contribution in [3.05, 3.63) is 29.8 Å². The Morgan fingerprint density at radius 1 is 1.22 bits per heavy atom. The summed E-state index contributed by atoms with van der Waals surface area (Å²) < 4.78 is 5.36. The van der Waals surface area contributed by atoms with Crippen molar-refractivity contribution < 1.29 is 14.3 Å². The van der Waals surface area contributed by atoms with Crippen molar-refractivity contribution in [2.45, 2.75) is 44.7 Å². The van der Waals surface area contributed by atoms with Crippen LogP contribution in [-0.4, -0.2) is 37.7 Å². The lowest BCUT2D eigenvalue weighted by Gasteiger charge is -2.35. The van der Waals surface area contributed by atoms with Crippen molar-refractivity contribution >= 4 is 30.0 Å². The molecule has 150 valence electrons. The van der Waals surface area contributed by atoms with Gasteiger partial charge in [0.1, 0.15) is 0 Å². The maximum absolute atomic E-state index is 12.7. The lowest BCUT2D eigenvalue weighted by molar-refractivity contribution is -0.136. The van der Waals surface area contributed by atoms with Gasteiger partial charge in [0.15, 0.2) is 0 Å². The van der Waals surface area contributed by atoms with E-state index in [4.69, 9.17) is 10.5 Å². The number of halogens is 1. The SMILES string of the molecule is CC(NC(=O)C1(CN)CCOCC1)c1ccc(NC(=O)NC2CC2)cc1.Cl. The standard InChI is InChI=1S/C19H28N4O3.ClH/c1-13(21-17(24)19(12-20)8-10-26-11-9-19)14-2-4-15(5-3-14)22-18(25)23-16-6-7-16;/h2-5,13,16H,6-12,20H2,1H3,(H,21,24)(H2,22,23,25);1H. The molecule has 1 aliphatic heterocycles. The first-order valence-corrected chi connectivity index (χ1v) is 9.29. The first-order chi connectivity index (χ1) is 12.5. The Labute approximate surface area is 166 Å². The molecule has 7 nitrogen and oxygen atoms in total. The van der Waals surface area contributed by atoms with Gasteiger partial charge in [0.05, 0.1) is 11.5 Å². The number of benzene rings is 1. The van der Waals surface area contributed by atoms with Gasteiger partial charge in [0, 0.05) is 31.5 Å². The average molecular weight is 397 g/mol. The van der Waals surface area contributed by atoms with E-state index in [-0.39, 0.29) is 30.4 Å². The van der Waals surface area contributed by atoms with Gasteiger partial charge in [-0.25, -0.2) is 4.79 Å². The molecule has 1 saturated heterocycles. The van der Waals surface area contributed by atoms with Crippen LogP contribution in [0.3, 0.4) is 0 Å². The molecule has 0 radical (unpaired) electrons. The molecule has 1 aromatic rings. The molecule has 27 heavy (non-hydrogen) atoms. The van der Waals surface area contributed by atoms with Crippen molar-refractivity contribution in [3.8, 4) is 0 Å². The second-order valence-electron chi connectivity index (χ2n) is 7.29. The van der Waals surface area contributed by atoms with Gasteiger partial charge in [-0.2, -0.15) is 0 Å². The number of carbonyl (C=O) groups excluding carboxylic acids is 2. The average Bonchev–Trinajstić information content (AvgIpc) is 3.46. The summed E-state index contributed by atoms with van der Waals surface area (Å²) in [5, 5.41) is 8.78. The van der Waals surface area contributed by atoms with Crippen LogP contribution >= 0.6 is 12.4 Å². The highest BCUT2D eigenvalue weighted by Crippen LogP contribution is 2.30. The lowest BCUT2D eigenvalue weighted by Crippen LogP contribution is -2.49. The molecule has 0 bridgehead atoms. The molecule has 0 aromatic heterocycles. The second-order valence-corrected chi connectivity index (χ2v) is 7.29. The van der Waals surface area contributed by atoms with Gasteiger partial charge < -0.3 is 26.4 Å². The molecule has 5 N–H and O–H groups in total. The Balaban J connectivity index is 0.00000261. The van der Waals surface area contributed by atoms with E-state index < -0.39 is 5.41 Å². The van der Waals surface area contributed by atoms with Crippen LogP contribution in [0.4, 0.5) is 10.5 Å². The van der Waals surface area contributed by atoms with Gasteiger partial charge in [0.25, 0.3) is 0 Å². The molecule has 0 spiro atoms. The summed E-state index contributed by atoms with van der Waals surface area (Å²) in [6, 6.07) is 7.53.